The van der Waals surface area contributed by atoms with Gasteiger partial charge in [0.2, 0.25) is 5.88 Å². The fourth-order valence-electron chi connectivity index (χ4n) is 1.68. The van der Waals surface area contributed by atoms with Gasteiger partial charge in [0.05, 0.1) is 12.6 Å². The Labute approximate surface area is 104 Å². The van der Waals surface area contributed by atoms with Crippen LogP contribution in [0.25, 0.3) is 10.9 Å². The first-order chi connectivity index (χ1) is 8.60. The molecule has 0 aliphatic rings. The van der Waals surface area contributed by atoms with Gasteiger partial charge in [-0.25, -0.2) is 9.78 Å². The second kappa shape index (κ2) is 4.91. The molecule has 5 heteroatoms. The monoisotopic (exact) mass is 247 g/mol. The molecule has 94 valence electrons. The van der Waals surface area contributed by atoms with Crippen LogP contribution >= 0.6 is 0 Å². The number of aryl methyl sites for hydroxylation is 1. The maximum absolute atomic E-state index is 10.4. The zero-order valence-corrected chi connectivity index (χ0v) is 10.1. The number of rotatable bonds is 4. The first kappa shape index (κ1) is 12.2. The van der Waals surface area contributed by atoms with Crippen LogP contribution < -0.4 is 9.47 Å². The van der Waals surface area contributed by atoms with Crippen molar-refractivity contribution in [2.24, 2.45) is 0 Å². The van der Waals surface area contributed by atoms with E-state index < -0.39 is 12.6 Å². The molecule has 5 nitrogen and oxygen atoms in total. The van der Waals surface area contributed by atoms with Crippen LogP contribution in [0.2, 0.25) is 0 Å². The molecule has 18 heavy (non-hydrogen) atoms. The zero-order valence-electron chi connectivity index (χ0n) is 10.1. The minimum Gasteiger partial charge on any atom is -0.497 e. The quantitative estimate of drug-likeness (QED) is 0.895. The highest BCUT2D eigenvalue weighted by Crippen LogP contribution is 2.25. The van der Waals surface area contributed by atoms with Crippen molar-refractivity contribution < 1.29 is 19.4 Å². The van der Waals surface area contributed by atoms with E-state index in [0.717, 1.165) is 22.2 Å². The standard InChI is InChI=1S/C13H13NO4/c1-8-5-12(18-7-13(15)16)14-11-4-3-9(17-2)6-10(8)11/h3-6H,7H2,1-2H3,(H,15,16). The summed E-state index contributed by atoms with van der Waals surface area (Å²) in [5, 5.41) is 9.51. The fraction of sp³-hybridized carbons (Fsp3) is 0.231. The minimum atomic E-state index is -1.02. The van der Waals surface area contributed by atoms with Crippen molar-refractivity contribution in [2.45, 2.75) is 6.92 Å². The van der Waals surface area contributed by atoms with Crippen LogP contribution in [0.1, 0.15) is 5.56 Å². The molecule has 0 unspecified atom stereocenters. The smallest absolute Gasteiger partial charge is 0.341 e. The van der Waals surface area contributed by atoms with Crippen LogP contribution in [-0.4, -0.2) is 29.8 Å². The summed E-state index contributed by atoms with van der Waals surface area (Å²) < 4.78 is 10.2. The van der Waals surface area contributed by atoms with Crippen LogP contribution in [0.3, 0.4) is 0 Å². The molecule has 0 aliphatic heterocycles. The first-order valence-electron chi connectivity index (χ1n) is 5.40. The molecule has 0 bridgehead atoms. The number of benzene rings is 1. The van der Waals surface area contributed by atoms with Crippen molar-refractivity contribution in [1.29, 1.82) is 0 Å². The van der Waals surface area contributed by atoms with Crippen LogP contribution in [-0.2, 0) is 4.79 Å². The average molecular weight is 247 g/mol. The lowest BCUT2D eigenvalue weighted by Crippen LogP contribution is -2.10. The van der Waals surface area contributed by atoms with E-state index in [1.54, 1.807) is 19.2 Å². The number of carboxylic acids is 1. The molecule has 0 fully saturated rings. The van der Waals surface area contributed by atoms with Gasteiger partial charge in [-0.3, -0.25) is 0 Å². The molecule has 2 rings (SSSR count). The fourth-order valence-corrected chi connectivity index (χ4v) is 1.68. The molecule has 1 aromatic heterocycles. The Morgan fingerprint density at radius 1 is 1.39 bits per heavy atom. The van der Waals surface area contributed by atoms with Gasteiger partial charge in [0, 0.05) is 11.5 Å². The van der Waals surface area contributed by atoms with Crippen molar-refractivity contribution in [3.63, 3.8) is 0 Å². The molecule has 1 heterocycles. The van der Waals surface area contributed by atoms with E-state index in [-0.39, 0.29) is 0 Å². The summed E-state index contributed by atoms with van der Waals surface area (Å²) >= 11 is 0. The largest absolute Gasteiger partial charge is 0.497 e. The number of carbonyl (C=O) groups is 1. The van der Waals surface area contributed by atoms with E-state index in [2.05, 4.69) is 4.98 Å². The lowest BCUT2D eigenvalue weighted by atomic mass is 10.1. The summed E-state index contributed by atoms with van der Waals surface area (Å²) in [5.41, 5.74) is 1.70. The summed E-state index contributed by atoms with van der Waals surface area (Å²) in [6.07, 6.45) is 0. The second-order valence-electron chi connectivity index (χ2n) is 3.84. The highest BCUT2D eigenvalue weighted by molar-refractivity contribution is 5.84. The molecule has 0 atom stereocenters. The highest BCUT2D eigenvalue weighted by atomic mass is 16.5. The number of fused-ring (bicyclic) bond motifs is 1. The lowest BCUT2D eigenvalue weighted by molar-refractivity contribution is -0.139. The molecule has 0 spiro atoms. The summed E-state index contributed by atoms with van der Waals surface area (Å²) in [5.74, 6) is 0.0449. The average Bonchev–Trinajstić information content (AvgIpc) is 2.36. The van der Waals surface area contributed by atoms with Gasteiger partial charge in [-0.2, -0.15) is 0 Å². The summed E-state index contributed by atoms with van der Waals surface area (Å²) in [7, 11) is 1.61. The third kappa shape index (κ3) is 2.51. The van der Waals surface area contributed by atoms with E-state index in [1.807, 2.05) is 19.1 Å². The van der Waals surface area contributed by atoms with Crippen molar-refractivity contribution in [3.05, 3.63) is 29.8 Å². The van der Waals surface area contributed by atoms with E-state index in [9.17, 15) is 4.79 Å². The maximum Gasteiger partial charge on any atom is 0.341 e. The molecule has 1 N–H and O–H groups in total. The number of nitrogens with zero attached hydrogens (tertiary/aromatic N) is 1. The Balaban J connectivity index is 2.40. The first-order valence-corrected chi connectivity index (χ1v) is 5.40. The van der Waals surface area contributed by atoms with Crippen molar-refractivity contribution >= 4 is 16.9 Å². The van der Waals surface area contributed by atoms with Crippen LogP contribution in [0.15, 0.2) is 24.3 Å². The van der Waals surface area contributed by atoms with Gasteiger partial charge in [-0.05, 0) is 30.7 Å². The number of hydrogen-bond donors (Lipinski definition) is 1. The van der Waals surface area contributed by atoms with Crippen molar-refractivity contribution in [2.75, 3.05) is 13.7 Å². The van der Waals surface area contributed by atoms with E-state index in [0.29, 0.717) is 5.88 Å². The van der Waals surface area contributed by atoms with Crippen LogP contribution in [0, 0.1) is 6.92 Å². The van der Waals surface area contributed by atoms with Gasteiger partial charge < -0.3 is 14.6 Å². The van der Waals surface area contributed by atoms with Gasteiger partial charge in [0.15, 0.2) is 6.61 Å². The lowest BCUT2D eigenvalue weighted by Gasteiger charge is -2.08. The zero-order chi connectivity index (χ0) is 13.1. The Morgan fingerprint density at radius 2 is 2.17 bits per heavy atom. The van der Waals surface area contributed by atoms with Gasteiger partial charge in [-0.15, -0.1) is 0 Å². The van der Waals surface area contributed by atoms with E-state index in [4.69, 9.17) is 14.6 Å². The number of aliphatic carboxylic acids is 1. The highest BCUT2D eigenvalue weighted by Gasteiger charge is 2.06. The van der Waals surface area contributed by atoms with Crippen molar-refractivity contribution in [1.82, 2.24) is 4.98 Å². The number of aromatic nitrogens is 1. The maximum atomic E-state index is 10.4. The molecule has 1 aromatic carbocycles. The van der Waals surface area contributed by atoms with Gasteiger partial charge in [0.25, 0.3) is 0 Å². The summed E-state index contributed by atoms with van der Waals surface area (Å²) in [6, 6.07) is 7.22. The molecular formula is C13H13NO4. The molecule has 0 radical (unpaired) electrons. The minimum absolute atomic E-state index is 0.313. The Morgan fingerprint density at radius 3 is 2.83 bits per heavy atom. The summed E-state index contributed by atoms with van der Waals surface area (Å²) in [4.78, 5) is 14.7. The number of hydrogen-bond acceptors (Lipinski definition) is 4. The third-order valence-corrected chi connectivity index (χ3v) is 2.54. The van der Waals surface area contributed by atoms with Gasteiger partial charge in [-0.1, -0.05) is 0 Å². The normalized spacial score (nSPS) is 10.3. The molecule has 2 aromatic rings. The number of methoxy groups -OCH3 is 1. The van der Waals surface area contributed by atoms with Gasteiger partial charge in [0.1, 0.15) is 5.75 Å². The summed E-state index contributed by atoms with van der Waals surface area (Å²) in [6.45, 7) is 1.52. The third-order valence-electron chi connectivity index (χ3n) is 2.54. The Bertz CT molecular complexity index is 595. The Kier molecular flexibility index (Phi) is 3.32. The predicted octanol–water partition coefficient (Wildman–Crippen LogP) is 2.02. The molecule has 0 saturated carbocycles. The van der Waals surface area contributed by atoms with Crippen LogP contribution in [0.4, 0.5) is 0 Å². The van der Waals surface area contributed by atoms with E-state index in [1.165, 1.54) is 0 Å². The van der Waals surface area contributed by atoms with Crippen LogP contribution in [0.5, 0.6) is 11.6 Å². The second-order valence-corrected chi connectivity index (χ2v) is 3.84. The predicted molar refractivity (Wildman–Crippen MR) is 66.2 cm³/mol. The van der Waals surface area contributed by atoms with E-state index >= 15 is 0 Å². The number of ether oxygens (including phenoxy) is 2. The Hall–Kier alpha value is -2.30. The van der Waals surface area contributed by atoms with Crippen molar-refractivity contribution in [3.8, 4) is 11.6 Å². The SMILES string of the molecule is COc1ccc2nc(OCC(=O)O)cc(C)c2c1. The molecular weight excluding hydrogens is 234 g/mol. The molecule has 0 saturated heterocycles. The molecule has 0 amide bonds. The topological polar surface area (TPSA) is 68.7 Å². The number of pyridine rings is 1. The molecule has 0 aliphatic carbocycles. The number of carboxylic acid groups (broad SMARTS) is 1. The van der Waals surface area contributed by atoms with Gasteiger partial charge >= 0.3 is 5.97 Å².